The number of nitrogens with zero attached hydrogens (tertiary/aromatic N) is 4. The van der Waals surface area contributed by atoms with E-state index in [1.165, 1.54) is 24.4 Å². The van der Waals surface area contributed by atoms with Gasteiger partial charge >= 0.3 is 0 Å². The minimum Gasteiger partial charge on any atom is -0.490 e. The summed E-state index contributed by atoms with van der Waals surface area (Å²) in [5.74, 6) is 0.906. The Labute approximate surface area is 255 Å². The van der Waals surface area contributed by atoms with Gasteiger partial charge in [0.15, 0.2) is 0 Å². The zero-order chi connectivity index (χ0) is 30.5. The largest absolute Gasteiger partial charge is 0.490 e. The van der Waals surface area contributed by atoms with Gasteiger partial charge in [0.1, 0.15) is 23.9 Å². The van der Waals surface area contributed by atoms with E-state index in [0.717, 1.165) is 11.3 Å². The third-order valence-electron chi connectivity index (χ3n) is 7.82. The zero-order valence-electron chi connectivity index (χ0n) is 24.5. The predicted molar refractivity (Wildman–Crippen MR) is 160 cm³/mol. The van der Waals surface area contributed by atoms with Crippen molar-refractivity contribution in [3.8, 4) is 17.2 Å². The van der Waals surface area contributed by atoms with Gasteiger partial charge in [-0.25, -0.2) is 0 Å². The van der Waals surface area contributed by atoms with Crippen LogP contribution in [0.2, 0.25) is 0 Å². The molecule has 2 aromatic carbocycles. The van der Waals surface area contributed by atoms with Crippen LogP contribution in [0.15, 0.2) is 67.0 Å². The van der Waals surface area contributed by atoms with E-state index in [-0.39, 0.29) is 56.7 Å². The van der Waals surface area contributed by atoms with E-state index < -0.39 is 6.04 Å². The average molecular weight is 602 g/mol. The van der Waals surface area contributed by atoms with Crippen LogP contribution in [0, 0.1) is 0 Å². The van der Waals surface area contributed by atoms with Crippen molar-refractivity contribution in [2.24, 2.45) is 0 Å². The molecule has 3 aliphatic rings. The highest BCUT2D eigenvalue weighted by molar-refractivity contribution is 5.97. The number of rotatable bonds is 5. The molecule has 4 heterocycles. The summed E-state index contributed by atoms with van der Waals surface area (Å²) in [5.41, 5.74) is 1.93. The molecule has 0 spiro atoms. The Morgan fingerprint density at radius 1 is 1.07 bits per heavy atom. The van der Waals surface area contributed by atoms with Crippen LogP contribution in [0.1, 0.15) is 15.9 Å². The SMILES string of the molecule is COCCN1CC(=O)N[C@H]2CN(CC(=O)N3CCOc4ccccc43)C[C@@H]2OCc2cccc(c2)Oc2cncc(c2)C1=O. The number of benzene rings is 2. The Morgan fingerprint density at radius 2 is 1.95 bits per heavy atom. The maximum Gasteiger partial charge on any atom is 0.256 e. The van der Waals surface area contributed by atoms with Gasteiger partial charge in [-0.15, -0.1) is 0 Å². The van der Waals surface area contributed by atoms with Crippen LogP contribution in [-0.4, -0.2) is 104 Å². The molecule has 12 nitrogen and oxygen atoms in total. The quantitative estimate of drug-likeness (QED) is 0.469. The van der Waals surface area contributed by atoms with E-state index in [9.17, 15) is 14.4 Å². The first-order valence-corrected chi connectivity index (χ1v) is 14.6. The zero-order valence-corrected chi connectivity index (χ0v) is 24.5. The van der Waals surface area contributed by atoms with Gasteiger partial charge in [-0.1, -0.05) is 24.3 Å². The van der Waals surface area contributed by atoms with Crippen molar-refractivity contribution in [3.05, 3.63) is 78.1 Å². The normalized spacial score (nSPS) is 20.7. The van der Waals surface area contributed by atoms with Crippen LogP contribution in [0.4, 0.5) is 5.69 Å². The first-order valence-electron chi connectivity index (χ1n) is 14.6. The summed E-state index contributed by atoms with van der Waals surface area (Å²) in [7, 11) is 1.54. The molecule has 0 saturated carbocycles. The number of pyridine rings is 1. The van der Waals surface area contributed by atoms with Crippen molar-refractivity contribution in [1.29, 1.82) is 0 Å². The van der Waals surface area contributed by atoms with Crippen molar-refractivity contribution in [1.82, 2.24) is 20.1 Å². The molecule has 12 heteroatoms. The molecule has 3 aliphatic heterocycles. The lowest BCUT2D eigenvalue weighted by Crippen LogP contribution is -2.49. The maximum atomic E-state index is 13.5. The van der Waals surface area contributed by atoms with Gasteiger partial charge in [0.05, 0.1) is 62.4 Å². The number of methoxy groups -OCH3 is 1. The van der Waals surface area contributed by atoms with E-state index in [0.29, 0.717) is 49.1 Å². The van der Waals surface area contributed by atoms with Gasteiger partial charge < -0.3 is 34.1 Å². The van der Waals surface area contributed by atoms with Gasteiger partial charge in [-0.3, -0.25) is 24.3 Å². The minimum absolute atomic E-state index is 0.0542. The molecule has 1 saturated heterocycles. The maximum absolute atomic E-state index is 13.5. The number of likely N-dealkylation sites (tertiary alicyclic amines) is 1. The van der Waals surface area contributed by atoms with Crippen LogP contribution in [0.25, 0.3) is 0 Å². The number of nitrogens with one attached hydrogen (secondary N) is 1. The summed E-state index contributed by atoms with van der Waals surface area (Å²) in [6.45, 7) is 2.47. The van der Waals surface area contributed by atoms with Crippen LogP contribution < -0.4 is 19.7 Å². The highest BCUT2D eigenvalue weighted by Gasteiger charge is 2.37. The minimum atomic E-state index is -0.399. The molecule has 2 atom stereocenters. The van der Waals surface area contributed by atoms with E-state index >= 15 is 0 Å². The van der Waals surface area contributed by atoms with Gasteiger partial charge in [-0.05, 0) is 35.9 Å². The van der Waals surface area contributed by atoms with Crippen molar-refractivity contribution in [3.63, 3.8) is 0 Å². The smallest absolute Gasteiger partial charge is 0.256 e. The summed E-state index contributed by atoms with van der Waals surface area (Å²) < 4.78 is 23.3. The molecule has 44 heavy (non-hydrogen) atoms. The molecule has 6 rings (SSSR count). The first-order chi connectivity index (χ1) is 21.5. The molecule has 4 bridgehead atoms. The molecule has 230 valence electrons. The first kappa shape index (κ1) is 29.5. The Bertz CT molecular complexity index is 1520. The molecule has 1 N–H and O–H groups in total. The average Bonchev–Trinajstić information content (AvgIpc) is 3.41. The number of hydrogen-bond acceptors (Lipinski definition) is 9. The van der Waals surface area contributed by atoms with Gasteiger partial charge in [-0.2, -0.15) is 0 Å². The number of hydrogen-bond donors (Lipinski definition) is 1. The molecule has 1 aromatic heterocycles. The lowest BCUT2D eigenvalue weighted by Gasteiger charge is -2.30. The summed E-state index contributed by atoms with van der Waals surface area (Å²) in [4.78, 5) is 49.7. The number of aromatic nitrogens is 1. The topological polar surface area (TPSA) is 123 Å². The van der Waals surface area contributed by atoms with E-state index in [1.807, 2.05) is 53.4 Å². The number of para-hydroxylation sites is 2. The Morgan fingerprint density at radius 3 is 2.84 bits per heavy atom. The number of anilines is 1. The number of fused-ring (bicyclic) bond motifs is 6. The fourth-order valence-corrected chi connectivity index (χ4v) is 5.69. The Hall–Kier alpha value is -4.52. The summed E-state index contributed by atoms with van der Waals surface area (Å²) in [6, 6.07) is 16.2. The number of carbonyl (C=O) groups excluding carboxylic acids is 3. The highest BCUT2D eigenvalue weighted by Crippen LogP contribution is 2.31. The predicted octanol–water partition coefficient (Wildman–Crippen LogP) is 2.09. The molecular formula is C32H35N5O7. The lowest BCUT2D eigenvalue weighted by molar-refractivity contribution is -0.123. The molecule has 3 aromatic rings. The van der Waals surface area contributed by atoms with Crippen LogP contribution in [0.5, 0.6) is 17.2 Å². The van der Waals surface area contributed by atoms with Crippen molar-refractivity contribution in [2.45, 2.75) is 18.8 Å². The van der Waals surface area contributed by atoms with Crippen molar-refractivity contribution in [2.75, 3.05) is 64.5 Å². The fourth-order valence-electron chi connectivity index (χ4n) is 5.69. The molecule has 3 amide bonds. The molecule has 0 aliphatic carbocycles. The third-order valence-corrected chi connectivity index (χ3v) is 7.82. The van der Waals surface area contributed by atoms with Gasteiger partial charge in [0.25, 0.3) is 5.91 Å². The Balaban J connectivity index is 1.22. The third kappa shape index (κ3) is 6.83. The number of amides is 3. The Kier molecular flexibility index (Phi) is 9.01. The number of carbonyl (C=O) groups is 3. The second kappa shape index (κ2) is 13.4. The summed E-state index contributed by atoms with van der Waals surface area (Å²) in [6.07, 6.45) is 2.60. The molecule has 0 radical (unpaired) electrons. The van der Waals surface area contributed by atoms with Gasteiger partial charge in [0.2, 0.25) is 11.8 Å². The number of ether oxygens (including phenoxy) is 4. The fraction of sp³-hybridized carbons (Fsp3) is 0.375. The van der Waals surface area contributed by atoms with Crippen molar-refractivity contribution < 1.29 is 33.3 Å². The second-order valence-corrected chi connectivity index (χ2v) is 11.0. The van der Waals surface area contributed by atoms with Crippen LogP contribution in [-0.2, 0) is 25.7 Å². The van der Waals surface area contributed by atoms with Crippen molar-refractivity contribution >= 4 is 23.4 Å². The lowest BCUT2D eigenvalue weighted by atomic mass is 10.2. The highest BCUT2D eigenvalue weighted by atomic mass is 16.5. The van der Waals surface area contributed by atoms with Crippen LogP contribution >= 0.6 is 0 Å². The summed E-state index contributed by atoms with van der Waals surface area (Å²) in [5, 5.41) is 3.07. The standard InChI is InChI=1S/C32H35N5O7/c1-41-11-9-36-19-30(38)34-26-17-35(20-31(39)37-10-12-42-28-8-3-2-7-27(28)37)18-29(26)43-21-22-5-4-6-24(13-22)44-25-14-23(32(36)40)15-33-16-25/h2-8,13-16,26,29H,9-12,17-21H2,1H3,(H,34,38)/t26-,29-/m0/s1. The van der Waals surface area contributed by atoms with Gasteiger partial charge in [0, 0.05) is 32.9 Å². The second-order valence-electron chi connectivity index (χ2n) is 11.0. The van der Waals surface area contributed by atoms with Crippen LogP contribution in [0.3, 0.4) is 0 Å². The monoisotopic (exact) mass is 601 g/mol. The molecule has 0 unspecified atom stereocenters. The molecule has 1 fully saturated rings. The van der Waals surface area contributed by atoms with E-state index in [1.54, 1.807) is 11.0 Å². The van der Waals surface area contributed by atoms with E-state index in [2.05, 4.69) is 10.3 Å². The van der Waals surface area contributed by atoms with E-state index in [4.69, 9.17) is 18.9 Å². The molecular weight excluding hydrogens is 566 g/mol. The summed E-state index contributed by atoms with van der Waals surface area (Å²) >= 11 is 0.